The Kier molecular flexibility index (Phi) is 6.07. The lowest BCUT2D eigenvalue weighted by Gasteiger charge is -2.26. The predicted octanol–water partition coefficient (Wildman–Crippen LogP) is 2.43. The fourth-order valence-electron chi connectivity index (χ4n) is 2.91. The van der Waals surface area contributed by atoms with Gasteiger partial charge in [-0.25, -0.2) is 9.48 Å². The third kappa shape index (κ3) is 5.34. The van der Waals surface area contributed by atoms with E-state index in [0.717, 1.165) is 4.47 Å². The first-order valence-electron chi connectivity index (χ1n) is 9.20. The summed E-state index contributed by atoms with van der Waals surface area (Å²) in [6, 6.07) is 1.71. The number of ether oxygens (including phenoxy) is 1. The summed E-state index contributed by atoms with van der Waals surface area (Å²) < 4.78 is 9.70. The van der Waals surface area contributed by atoms with Crippen LogP contribution in [0.4, 0.5) is 4.79 Å². The first-order valence-corrected chi connectivity index (χ1v) is 9.99. The van der Waals surface area contributed by atoms with E-state index < -0.39 is 5.60 Å². The maximum atomic E-state index is 12.8. The molecule has 1 aliphatic heterocycles. The van der Waals surface area contributed by atoms with Crippen molar-refractivity contribution in [2.75, 3.05) is 26.2 Å². The Labute approximate surface area is 172 Å². The van der Waals surface area contributed by atoms with Gasteiger partial charge in [-0.3, -0.25) is 9.48 Å². The smallest absolute Gasteiger partial charge is 0.410 e. The highest BCUT2D eigenvalue weighted by Crippen LogP contribution is 2.13. The molecule has 152 valence electrons. The molecule has 0 unspecified atom stereocenters. The quantitative estimate of drug-likeness (QED) is 0.713. The van der Waals surface area contributed by atoms with Crippen LogP contribution < -0.4 is 0 Å². The Balaban J connectivity index is 1.58. The molecular formula is C18H25BrN6O3. The van der Waals surface area contributed by atoms with Gasteiger partial charge in [-0.05, 0) is 49.2 Å². The van der Waals surface area contributed by atoms with Gasteiger partial charge in [0.1, 0.15) is 18.0 Å². The summed E-state index contributed by atoms with van der Waals surface area (Å²) in [6.45, 7) is 8.01. The second-order valence-corrected chi connectivity index (χ2v) is 8.61. The van der Waals surface area contributed by atoms with Crippen LogP contribution in [0.15, 0.2) is 29.1 Å². The number of carbonyl (C=O) groups is 2. The lowest BCUT2D eigenvalue weighted by atomic mass is 10.2. The van der Waals surface area contributed by atoms with Gasteiger partial charge in [-0.1, -0.05) is 0 Å². The van der Waals surface area contributed by atoms with Crippen molar-refractivity contribution in [3.63, 3.8) is 0 Å². The van der Waals surface area contributed by atoms with Gasteiger partial charge in [0.25, 0.3) is 5.91 Å². The lowest BCUT2D eigenvalue weighted by molar-refractivity contribution is 0.0255. The van der Waals surface area contributed by atoms with E-state index in [2.05, 4.69) is 26.1 Å². The monoisotopic (exact) mass is 452 g/mol. The second kappa shape index (κ2) is 8.34. The van der Waals surface area contributed by atoms with E-state index in [1.807, 2.05) is 27.0 Å². The average molecular weight is 453 g/mol. The molecule has 2 aromatic heterocycles. The van der Waals surface area contributed by atoms with Gasteiger partial charge < -0.3 is 14.5 Å². The molecule has 1 saturated heterocycles. The largest absolute Gasteiger partial charge is 0.444 e. The summed E-state index contributed by atoms with van der Waals surface area (Å²) >= 11 is 3.35. The van der Waals surface area contributed by atoms with Crippen LogP contribution in [-0.4, -0.2) is 73.1 Å². The van der Waals surface area contributed by atoms with Gasteiger partial charge in [0, 0.05) is 38.6 Å². The van der Waals surface area contributed by atoms with Gasteiger partial charge in [-0.2, -0.15) is 10.2 Å². The highest BCUT2D eigenvalue weighted by Gasteiger charge is 2.27. The zero-order chi connectivity index (χ0) is 20.3. The van der Waals surface area contributed by atoms with Crippen molar-refractivity contribution < 1.29 is 14.3 Å². The molecular weight excluding hydrogens is 428 g/mol. The predicted molar refractivity (Wildman–Crippen MR) is 106 cm³/mol. The van der Waals surface area contributed by atoms with E-state index in [4.69, 9.17) is 4.74 Å². The van der Waals surface area contributed by atoms with Crippen LogP contribution in [0.1, 0.15) is 37.7 Å². The molecule has 0 saturated carbocycles. The number of amides is 2. The van der Waals surface area contributed by atoms with Crippen molar-refractivity contribution >= 4 is 27.9 Å². The molecule has 0 N–H and O–H groups in total. The summed E-state index contributed by atoms with van der Waals surface area (Å²) in [4.78, 5) is 28.5. The maximum Gasteiger partial charge on any atom is 0.410 e. The Bertz CT molecular complexity index is 840. The second-order valence-electron chi connectivity index (χ2n) is 7.69. The molecule has 10 heteroatoms. The average Bonchev–Trinajstić information content (AvgIpc) is 3.14. The Hall–Kier alpha value is -2.36. The van der Waals surface area contributed by atoms with Crippen LogP contribution >= 0.6 is 15.9 Å². The minimum atomic E-state index is -0.532. The third-order valence-electron chi connectivity index (χ3n) is 4.19. The van der Waals surface area contributed by atoms with Crippen molar-refractivity contribution in [2.45, 2.75) is 39.5 Å². The van der Waals surface area contributed by atoms with E-state index in [0.29, 0.717) is 45.0 Å². The first kappa shape index (κ1) is 20.4. The Morgan fingerprint density at radius 3 is 2.54 bits per heavy atom. The van der Waals surface area contributed by atoms with Crippen LogP contribution in [0.2, 0.25) is 0 Å². The normalized spacial score (nSPS) is 15.4. The molecule has 0 bridgehead atoms. The molecule has 1 aliphatic rings. The van der Waals surface area contributed by atoms with E-state index in [1.165, 1.54) is 0 Å². The number of carbonyl (C=O) groups excluding carboxylic acids is 2. The summed E-state index contributed by atoms with van der Waals surface area (Å²) in [7, 11) is 0. The van der Waals surface area contributed by atoms with Crippen molar-refractivity contribution in [1.29, 1.82) is 0 Å². The molecule has 2 amide bonds. The molecule has 3 rings (SSSR count). The molecule has 0 radical (unpaired) electrons. The number of halogens is 1. The molecule has 3 heterocycles. The molecule has 0 atom stereocenters. The molecule has 0 spiro atoms. The maximum absolute atomic E-state index is 12.8. The van der Waals surface area contributed by atoms with E-state index in [1.54, 1.807) is 37.6 Å². The van der Waals surface area contributed by atoms with Gasteiger partial charge in [0.15, 0.2) is 0 Å². The highest BCUT2D eigenvalue weighted by atomic mass is 79.9. The van der Waals surface area contributed by atoms with Crippen molar-refractivity contribution in [2.24, 2.45) is 0 Å². The third-order valence-corrected chi connectivity index (χ3v) is 4.60. The molecule has 0 aliphatic carbocycles. The Morgan fingerprint density at radius 2 is 1.86 bits per heavy atom. The lowest BCUT2D eigenvalue weighted by Crippen LogP contribution is -2.40. The summed E-state index contributed by atoms with van der Waals surface area (Å²) in [6.07, 6.45) is 5.66. The van der Waals surface area contributed by atoms with Crippen LogP contribution in [0, 0.1) is 0 Å². The standard InChI is InChI=1S/C18H25BrN6O3/c1-18(2,3)28-17(27)23-7-4-6-22(9-10-23)16(26)15-5-8-24(21-15)13-25-12-14(19)11-20-25/h5,8,11-12H,4,6-7,9-10,13H2,1-3H3. The van der Waals surface area contributed by atoms with E-state index in [-0.39, 0.29) is 12.0 Å². The zero-order valence-corrected chi connectivity index (χ0v) is 17.9. The summed E-state index contributed by atoms with van der Waals surface area (Å²) in [5.74, 6) is -0.133. The van der Waals surface area contributed by atoms with Gasteiger partial charge in [0.2, 0.25) is 0 Å². The molecule has 0 aromatic carbocycles. The first-order chi connectivity index (χ1) is 13.2. The number of aromatic nitrogens is 4. The van der Waals surface area contributed by atoms with Crippen LogP contribution in [0.5, 0.6) is 0 Å². The molecule has 1 fully saturated rings. The summed E-state index contributed by atoms with van der Waals surface area (Å²) in [5.41, 5.74) is -0.146. The SMILES string of the molecule is CC(C)(C)OC(=O)N1CCCN(C(=O)c2ccn(Cn3cc(Br)cn3)n2)CC1. The number of nitrogens with zero attached hydrogens (tertiary/aromatic N) is 6. The van der Waals surface area contributed by atoms with Gasteiger partial charge in [-0.15, -0.1) is 0 Å². The fourth-order valence-corrected chi connectivity index (χ4v) is 3.24. The van der Waals surface area contributed by atoms with Crippen LogP contribution in [0.25, 0.3) is 0 Å². The van der Waals surface area contributed by atoms with Crippen LogP contribution in [0.3, 0.4) is 0 Å². The summed E-state index contributed by atoms with van der Waals surface area (Å²) in [5, 5.41) is 8.55. The molecule has 28 heavy (non-hydrogen) atoms. The van der Waals surface area contributed by atoms with Gasteiger partial charge >= 0.3 is 6.09 Å². The fraction of sp³-hybridized carbons (Fsp3) is 0.556. The van der Waals surface area contributed by atoms with Crippen molar-refractivity contribution in [3.05, 3.63) is 34.8 Å². The number of hydrogen-bond donors (Lipinski definition) is 0. The molecule has 2 aromatic rings. The van der Waals surface area contributed by atoms with E-state index in [9.17, 15) is 9.59 Å². The number of rotatable bonds is 3. The van der Waals surface area contributed by atoms with Crippen molar-refractivity contribution in [1.82, 2.24) is 29.4 Å². The van der Waals surface area contributed by atoms with Gasteiger partial charge in [0.05, 0.1) is 10.7 Å². The number of hydrogen-bond acceptors (Lipinski definition) is 5. The highest BCUT2D eigenvalue weighted by molar-refractivity contribution is 9.10. The van der Waals surface area contributed by atoms with Crippen LogP contribution in [-0.2, 0) is 11.4 Å². The molecule has 9 nitrogen and oxygen atoms in total. The minimum absolute atomic E-state index is 0.133. The minimum Gasteiger partial charge on any atom is -0.444 e. The van der Waals surface area contributed by atoms with E-state index >= 15 is 0 Å². The topological polar surface area (TPSA) is 85.5 Å². The Morgan fingerprint density at radius 1 is 1.14 bits per heavy atom. The van der Waals surface area contributed by atoms with Crippen molar-refractivity contribution in [3.8, 4) is 0 Å². The zero-order valence-electron chi connectivity index (χ0n) is 16.3.